The summed E-state index contributed by atoms with van der Waals surface area (Å²) in [6.07, 6.45) is 0. The topological polar surface area (TPSA) is 58.6 Å². The number of halogens is 1. The first kappa shape index (κ1) is 14.4. The lowest BCUT2D eigenvalue weighted by Crippen LogP contribution is -2.06. The second-order valence-electron chi connectivity index (χ2n) is 4.16. The average Bonchev–Trinajstić information content (AvgIpc) is 2.46. The summed E-state index contributed by atoms with van der Waals surface area (Å²) >= 11 is 3.47. The lowest BCUT2D eigenvalue weighted by atomic mass is 10.1. The zero-order chi connectivity index (χ0) is 14.5. The van der Waals surface area contributed by atoms with Gasteiger partial charge in [0.25, 0.3) is 0 Å². The van der Waals surface area contributed by atoms with E-state index in [1.807, 2.05) is 18.2 Å². The summed E-state index contributed by atoms with van der Waals surface area (Å²) in [5.74, 6) is -0.186. The van der Waals surface area contributed by atoms with Gasteiger partial charge in [0.2, 0.25) is 0 Å². The third kappa shape index (κ3) is 3.30. The number of ether oxygens (including phenoxy) is 1. The fraction of sp³-hybridized carbons (Fsp3) is 0.133. The monoisotopic (exact) mass is 335 g/mol. The molecule has 5 heteroatoms. The van der Waals surface area contributed by atoms with Gasteiger partial charge < -0.3 is 15.2 Å². The van der Waals surface area contributed by atoms with E-state index in [-0.39, 0.29) is 5.56 Å². The van der Waals surface area contributed by atoms with Crippen LogP contribution in [0.5, 0.6) is 5.75 Å². The van der Waals surface area contributed by atoms with Crippen LogP contribution in [0.2, 0.25) is 0 Å². The molecule has 20 heavy (non-hydrogen) atoms. The van der Waals surface area contributed by atoms with Crippen molar-refractivity contribution in [1.29, 1.82) is 0 Å². The minimum absolute atomic E-state index is 0.256. The van der Waals surface area contributed by atoms with Crippen LogP contribution in [0, 0.1) is 0 Å². The number of methoxy groups -OCH3 is 1. The number of anilines is 1. The lowest BCUT2D eigenvalue weighted by Gasteiger charge is -2.11. The predicted molar refractivity (Wildman–Crippen MR) is 81.4 cm³/mol. The lowest BCUT2D eigenvalue weighted by molar-refractivity contribution is 0.0698. The Labute approximate surface area is 125 Å². The van der Waals surface area contributed by atoms with E-state index in [1.54, 1.807) is 31.4 Å². The van der Waals surface area contributed by atoms with E-state index >= 15 is 0 Å². The van der Waals surface area contributed by atoms with E-state index in [9.17, 15) is 4.79 Å². The molecule has 0 bridgehead atoms. The van der Waals surface area contributed by atoms with Crippen LogP contribution in [-0.4, -0.2) is 18.2 Å². The molecule has 0 fully saturated rings. The van der Waals surface area contributed by atoms with Gasteiger partial charge in [0, 0.05) is 16.7 Å². The number of carboxylic acid groups (broad SMARTS) is 1. The molecule has 0 amide bonds. The van der Waals surface area contributed by atoms with Crippen molar-refractivity contribution in [3.63, 3.8) is 0 Å². The third-order valence-electron chi connectivity index (χ3n) is 2.88. The maximum atomic E-state index is 11.1. The number of aromatic carboxylic acids is 1. The highest BCUT2D eigenvalue weighted by atomic mass is 79.9. The Morgan fingerprint density at radius 3 is 2.75 bits per heavy atom. The van der Waals surface area contributed by atoms with Gasteiger partial charge in [0.1, 0.15) is 5.75 Å². The first-order valence-corrected chi connectivity index (χ1v) is 6.79. The molecule has 104 valence electrons. The first-order valence-electron chi connectivity index (χ1n) is 6.00. The van der Waals surface area contributed by atoms with Crippen LogP contribution in [0.15, 0.2) is 46.9 Å². The molecule has 0 radical (unpaired) electrons. The van der Waals surface area contributed by atoms with Crippen molar-refractivity contribution in [2.24, 2.45) is 0 Å². The van der Waals surface area contributed by atoms with Crippen LogP contribution in [0.3, 0.4) is 0 Å². The first-order chi connectivity index (χ1) is 9.61. The van der Waals surface area contributed by atoms with Gasteiger partial charge in [-0.15, -0.1) is 0 Å². The molecule has 0 aliphatic heterocycles. The summed E-state index contributed by atoms with van der Waals surface area (Å²) in [6, 6.07) is 12.5. The molecule has 0 heterocycles. The van der Waals surface area contributed by atoms with Gasteiger partial charge in [-0.25, -0.2) is 4.79 Å². The highest BCUT2D eigenvalue weighted by Gasteiger charge is 2.09. The number of hydrogen-bond donors (Lipinski definition) is 2. The number of hydrogen-bond acceptors (Lipinski definition) is 3. The number of benzene rings is 2. The Morgan fingerprint density at radius 1 is 1.30 bits per heavy atom. The Bertz CT molecular complexity index is 628. The van der Waals surface area contributed by atoms with Crippen LogP contribution < -0.4 is 10.1 Å². The Morgan fingerprint density at radius 2 is 2.05 bits per heavy atom. The molecular formula is C15H14BrNO3. The van der Waals surface area contributed by atoms with Gasteiger partial charge in [-0.1, -0.05) is 28.1 Å². The number of nitrogens with one attached hydrogen (secondary N) is 1. The van der Waals surface area contributed by atoms with Crippen molar-refractivity contribution in [2.75, 3.05) is 12.4 Å². The zero-order valence-electron chi connectivity index (χ0n) is 10.9. The minimum atomic E-state index is -0.946. The molecule has 0 unspecified atom stereocenters. The molecule has 2 aromatic carbocycles. The number of para-hydroxylation sites is 1. The van der Waals surface area contributed by atoms with Crippen molar-refractivity contribution in [3.05, 3.63) is 58.1 Å². The summed E-state index contributed by atoms with van der Waals surface area (Å²) in [5, 5.41) is 12.3. The van der Waals surface area contributed by atoms with Crippen LogP contribution in [0.25, 0.3) is 0 Å². The van der Waals surface area contributed by atoms with E-state index in [0.29, 0.717) is 12.2 Å². The Balaban J connectivity index is 2.19. The molecule has 0 spiro atoms. The molecule has 0 saturated carbocycles. The Hall–Kier alpha value is -2.01. The van der Waals surface area contributed by atoms with Gasteiger partial charge in [0.15, 0.2) is 0 Å². The van der Waals surface area contributed by atoms with Gasteiger partial charge in [-0.2, -0.15) is 0 Å². The maximum Gasteiger partial charge on any atom is 0.337 e. The molecule has 0 saturated heterocycles. The summed E-state index contributed by atoms with van der Waals surface area (Å²) in [7, 11) is 1.61. The van der Waals surface area contributed by atoms with E-state index < -0.39 is 5.97 Å². The second kappa shape index (κ2) is 6.43. The van der Waals surface area contributed by atoms with E-state index in [2.05, 4.69) is 21.2 Å². The fourth-order valence-electron chi connectivity index (χ4n) is 1.83. The quantitative estimate of drug-likeness (QED) is 0.873. The van der Waals surface area contributed by atoms with Crippen molar-refractivity contribution >= 4 is 27.6 Å². The van der Waals surface area contributed by atoms with Crippen molar-refractivity contribution in [3.8, 4) is 5.75 Å². The molecule has 0 aromatic heterocycles. The van der Waals surface area contributed by atoms with Crippen LogP contribution in [0.4, 0.5) is 5.69 Å². The fourth-order valence-corrected chi connectivity index (χ4v) is 2.21. The normalized spacial score (nSPS) is 10.1. The maximum absolute atomic E-state index is 11.1. The SMILES string of the molecule is COc1ccc(Br)c(CNc2ccccc2C(=O)O)c1. The van der Waals surface area contributed by atoms with Crippen molar-refractivity contribution in [1.82, 2.24) is 0 Å². The molecular weight excluding hydrogens is 322 g/mol. The highest BCUT2D eigenvalue weighted by molar-refractivity contribution is 9.10. The number of carbonyl (C=O) groups is 1. The summed E-state index contributed by atoms with van der Waals surface area (Å²) < 4.78 is 6.12. The summed E-state index contributed by atoms with van der Waals surface area (Å²) in [4.78, 5) is 11.1. The molecule has 0 atom stereocenters. The van der Waals surface area contributed by atoms with Crippen LogP contribution >= 0.6 is 15.9 Å². The second-order valence-corrected chi connectivity index (χ2v) is 5.02. The average molecular weight is 336 g/mol. The van der Waals surface area contributed by atoms with Gasteiger partial charge in [-0.3, -0.25) is 0 Å². The molecule has 4 nitrogen and oxygen atoms in total. The van der Waals surface area contributed by atoms with Crippen LogP contribution in [0.1, 0.15) is 15.9 Å². The van der Waals surface area contributed by atoms with Gasteiger partial charge in [-0.05, 0) is 35.9 Å². The smallest absolute Gasteiger partial charge is 0.337 e. The summed E-state index contributed by atoms with van der Waals surface area (Å²) in [6.45, 7) is 0.502. The molecule has 0 aliphatic rings. The molecule has 0 aliphatic carbocycles. The third-order valence-corrected chi connectivity index (χ3v) is 3.65. The van der Waals surface area contributed by atoms with Gasteiger partial charge in [0.05, 0.1) is 12.7 Å². The van der Waals surface area contributed by atoms with E-state index in [4.69, 9.17) is 9.84 Å². The minimum Gasteiger partial charge on any atom is -0.497 e. The number of carboxylic acids is 1. The van der Waals surface area contributed by atoms with Crippen LogP contribution in [-0.2, 0) is 6.54 Å². The number of rotatable bonds is 5. The Kier molecular flexibility index (Phi) is 4.63. The van der Waals surface area contributed by atoms with E-state index in [1.165, 1.54) is 0 Å². The highest BCUT2D eigenvalue weighted by Crippen LogP contribution is 2.24. The van der Waals surface area contributed by atoms with E-state index in [0.717, 1.165) is 15.8 Å². The van der Waals surface area contributed by atoms with Gasteiger partial charge >= 0.3 is 5.97 Å². The predicted octanol–water partition coefficient (Wildman–Crippen LogP) is 3.77. The van der Waals surface area contributed by atoms with Crippen molar-refractivity contribution in [2.45, 2.75) is 6.54 Å². The molecule has 2 rings (SSSR count). The largest absolute Gasteiger partial charge is 0.497 e. The molecule has 2 N–H and O–H groups in total. The molecule has 2 aromatic rings. The zero-order valence-corrected chi connectivity index (χ0v) is 12.5. The van der Waals surface area contributed by atoms with Crippen molar-refractivity contribution < 1.29 is 14.6 Å². The standard InChI is InChI=1S/C15H14BrNO3/c1-20-11-6-7-13(16)10(8-11)9-17-14-5-3-2-4-12(14)15(18)19/h2-8,17H,9H2,1H3,(H,18,19). The summed E-state index contributed by atoms with van der Waals surface area (Å²) in [5.41, 5.74) is 1.84.